The first-order valence-electron chi connectivity index (χ1n) is 11.9. The Hall–Kier alpha value is -2.58. The number of aromatic nitrogens is 2. The zero-order chi connectivity index (χ0) is 22.1. The molecule has 2 aromatic rings. The summed E-state index contributed by atoms with van der Waals surface area (Å²) >= 11 is 0. The van der Waals surface area contributed by atoms with E-state index in [1.165, 1.54) is 4.90 Å². The Bertz CT molecular complexity index is 963. The van der Waals surface area contributed by atoms with Crippen LogP contribution in [-0.4, -0.2) is 59.8 Å². The van der Waals surface area contributed by atoms with Crippen LogP contribution in [0.4, 0.5) is 10.5 Å². The van der Waals surface area contributed by atoms with Crippen LogP contribution in [-0.2, 0) is 6.42 Å². The van der Waals surface area contributed by atoms with Gasteiger partial charge in [-0.2, -0.15) is 5.10 Å². The number of benzene rings is 1. The smallest absolute Gasteiger partial charge is 0.412 e. The molecule has 3 aliphatic rings. The predicted molar refractivity (Wildman–Crippen MR) is 124 cm³/mol. The Balaban J connectivity index is 1.51. The van der Waals surface area contributed by atoms with Crippen LogP contribution in [0.3, 0.4) is 0 Å². The lowest BCUT2D eigenvalue weighted by molar-refractivity contribution is 0.198. The fraction of sp³-hybridized carbons (Fsp3) is 0.583. The van der Waals surface area contributed by atoms with Gasteiger partial charge in [0.25, 0.3) is 0 Å². The third-order valence-corrected chi connectivity index (χ3v) is 7.18. The Labute approximate surface area is 188 Å². The van der Waals surface area contributed by atoms with E-state index < -0.39 is 6.09 Å². The molecule has 1 aromatic heterocycles. The lowest BCUT2D eigenvalue weighted by Gasteiger charge is -2.34. The normalized spacial score (nSPS) is 23.8. The molecule has 0 radical (unpaired) electrons. The number of nitrogens with zero attached hydrogens (tertiary/aromatic N) is 3. The molecule has 1 amide bonds. The van der Waals surface area contributed by atoms with E-state index in [0.717, 1.165) is 86.4 Å². The van der Waals surface area contributed by atoms with Gasteiger partial charge in [-0.25, -0.2) is 4.79 Å². The van der Waals surface area contributed by atoms with Crippen LogP contribution in [0.15, 0.2) is 24.5 Å². The van der Waals surface area contributed by atoms with Crippen LogP contribution < -0.4 is 20.3 Å². The highest BCUT2D eigenvalue weighted by molar-refractivity contribution is 5.91. The van der Waals surface area contributed by atoms with Crippen LogP contribution in [0.25, 0.3) is 11.1 Å². The van der Waals surface area contributed by atoms with Crippen molar-refractivity contribution in [3.8, 4) is 16.9 Å². The molecule has 8 heteroatoms. The Kier molecular flexibility index (Phi) is 6.06. The summed E-state index contributed by atoms with van der Waals surface area (Å²) < 4.78 is 8.57. The molecule has 8 nitrogen and oxygen atoms in total. The molecule has 2 atom stereocenters. The van der Waals surface area contributed by atoms with Gasteiger partial charge in [-0.15, -0.1) is 0 Å². The Morgan fingerprint density at radius 3 is 2.75 bits per heavy atom. The van der Waals surface area contributed by atoms with Gasteiger partial charge in [-0.3, -0.25) is 9.58 Å². The van der Waals surface area contributed by atoms with E-state index in [4.69, 9.17) is 4.74 Å². The van der Waals surface area contributed by atoms with Crippen molar-refractivity contribution in [2.45, 2.75) is 51.1 Å². The molecule has 1 aromatic carbocycles. The topological polar surface area (TPSA) is 91.7 Å². The number of carbonyl (C=O) groups is 1. The molecule has 0 bridgehead atoms. The maximum Gasteiger partial charge on any atom is 0.412 e. The highest BCUT2D eigenvalue weighted by Gasteiger charge is 2.32. The molecule has 2 saturated heterocycles. The van der Waals surface area contributed by atoms with E-state index in [9.17, 15) is 9.90 Å². The third kappa shape index (κ3) is 4.09. The summed E-state index contributed by atoms with van der Waals surface area (Å²) in [4.78, 5) is 13.5. The first kappa shape index (κ1) is 21.3. The van der Waals surface area contributed by atoms with Crippen LogP contribution in [0.5, 0.6) is 5.75 Å². The number of piperidine rings is 1. The molecule has 3 aliphatic heterocycles. The number of ether oxygens (including phenoxy) is 1. The lowest BCUT2D eigenvalue weighted by Crippen LogP contribution is -2.41. The summed E-state index contributed by atoms with van der Waals surface area (Å²) in [6, 6.07) is 4.33. The van der Waals surface area contributed by atoms with E-state index in [1.807, 2.05) is 25.3 Å². The van der Waals surface area contributed by atoms with Gasteiger partial charge in [0.2, 0.25) is 0 Å². The van der Waals surface area contributed by atoms with E-state index >= 15 is 0 Å². The van der Waals surface area contributed by atoms with Crippen LogP contribution in [0.2, 0.25) is 0 Å². The maximum absolute atomic E-state index is 12.0. The first-order valence-corrected chi connectivity index (χ1v) is 11.9. The van der Waals surface area contributed by atoms with Crippen molar-refractivity contribution in [2.75, 3.05) is 37.7 Å². The minimum Gasteiger partial charge on any atom is -0.492 e. The first-order chi connectivity index (χ1) is 15.6. The van der Waals surface area contributed by atoms with Crippen molar-refractivity contribution in [3.05, 3.63) is 30.1 Å². The number of amides is 1. The van der Waals surface area contributed by atoms with Gasteiger partial charge in [-0.1, -0.05) is 0 Å². The summed E-state index contributed by atoms with van der Waals surface area (Å²) in [5.74, 6) is 1.31. The minimum atomic E-state index is -0.907. The predicted octanol–water partition coefficient (Wildman–Crippen LogP) is 3.28. The van der Waals surface area contributed by atoms with Gasteiger partial charge in [-0.05, 0) is 70.8 Å². The molecule has 2 fully saturated rings. The number of anilines is 1. The molecule has 0 aliphatic carbocycles. The fourth-order valence-corrected chi connectivity index (χ4v) is 5.29. The monoisotopic (exact) mass is 439 g/mol. The maximum atomic E-state index is 12.0. The molecule has 3 N–H and O–H groups in total. The van der Waals surface area contributed by atoms with Gasteiger partial charge in [0.05, 0.1) is 24.5 Å². The van der Waals surface area contributed by atoms with E-state index in [2.05, 4.69) is 26.6 Å². The molecule has 4 heterocycles. The second-order valence-electron chi connectivity index (χ2n) is 9.34. The molecular formula is C24H33N5O3. The number of nitrogens with one attached hydrogen (secondary N) is 2. The van der Waals surface area contributed by atoms with Crippen molar-refractivity contribution in [1.82, 2.24) is 20.4 Å². The minimum absolute atomic E-state index is 0.0413. The van der Waals surface area contributed by atoms with E-state index in [0.29, 0.717) is 18.6 Å². The van der Waals surface area contributed by atoms with Crippen molar-refractivity contribution < 1.29 is 14.6 Å². The summed E-state index contributed by atoms with van der Waals surface area (Å²) in [5.41, 5.74) is 3.80. The van der Waals surface area contributed by atoms with Crippen LogP contribution >= 0.6 is 0 Å². The average molecular weight is 440 g/mol. The SMILES string of the molecule is C[C@H]1CCc2c(ccc(-c3cnn(C4CCNCC4)c3)c2OC[C@H]2CCNC2)N1C(=O)O. The number of carboxylic acid groups (broad SMARTS) is 1. The highest BCUT2D eigenvalue weighted by atomic mass is 16.5. The average Bonchev–Trinajstić information content (AvgIpc) is 3.50. The van der Waals surface area contributed by atoms with Crippen molar-refractivity contribution in [1.29, 1.82) is 0 Å². The molecule has 172 valence electrons. The fourth-order valence-electron chi connectivity index (χ4n) is 5.29. The number of rotatable bonds is 5. The number of fused-ring (bicyclic) bond motifs is 1. The Morgan fingerprint density at radius 2 is 2.00 bits per heavy atom. The standard InChI is InChI=1S/C24H33N5O3/c1-16-2-3-21-22(29(16)24(30)31)5-4-20(23(21)32-15-17-6-9-26-12-17)18-13-27-28(14-18)19-7-10-25-11-8-19/h4-5,13-14,16-17,19,25-26H,2-3,6-12,15H2,1H3,(H,30,31)/t16-,17-/m0/s1. The summed E-state index contributed by atoms with van der Waals surface area (Å²) in [6.07, 6.45) is 8.01. The third-order valence-electron chi connectivity index (χ3n) is 7.18. The van der Waals surface area contributed by atoms with Gasteiger partial charge in [0.1, 0.15) is 5.75 Å². The summed E-state index contributed by atoms with van der Waals surface area (Å²) in [5, 5.41) is 21.3. The lowest BCUT2D eigenvalue weighted by atomic mass is 9.92. The van der Waals surface area contributed by atoms with Gasteiger partial charge in [0.15, 0.2) is 0 Å². The second kappa shape index (κ2) is 9.11. The molecule has 0 saturated carbocycles. The number of hydrogen-bond acceptors (Lipinski definition) is 5. The largest absolute Gasteiger partial charge is 0.492 e. The summed E-state index contributed by atoms with van der Waals surface area (Å²) in [6.45, 7) is 6.65. The molecule has 32 heavy (non-hydrogen) atoms. The van der Waals surface area contributed by atoms with E-state index in [1.54, 1.807) is 0 Å². The van der Waals surface area contributed by atoms with E-state index in [-0.39, 0.29) is 6.04 Å². The van der Waals surface area contributed by atoms with Gasteiger partial charge in [0, 0.05) is 41.4 Å². The summed E-state index contributed by atoms with van der Waals surface area (Å²) in [7, 11) is 0. The molecular weight excluding hydrogens is 406 g/mol. The molecule has 5 rings (SSSR count). The van der Waals surface area contributed by atoms with Crippen molar-refractivity contribution >= 4 is 11.8 Å². The van der Waals surface area contributed by atoms with Crippen LogP contribution in [0, 0.1) is 5.92 Å². The zero-order valence-corrected chi connectivity index (χ0v) is 18.7. The zero-order valence-electron chi connectivity index (χ0n) is 18.7. The number of hydrogen-bond donors (Lipinski definition) is 3. The van der Waals surface area contributed by atoms with Gasteiger partial charge >= 0.3 is 6.09 Å². The quantitative estimate of drug-likeness (QED) is 0.662. The van der Waals surface area contributed by atoms with Crippen molar-refractivity contribution in [2.24, 2.45) is 5.92 Å². The second-order valence-corrected chi connectivity index (χ2v) is 9.34. The highest BCUT2D eigenvalue weighted by Crippen LogP contribution is 2.43. The van der Waals surface area contributed by atoms with Crippen molar-refractivity contribution in [3.63, 3.8) is 0 Å². The Morgan fingerprint density at radius 1 is 1.19 bits per heavy atom. The van der Waals surface area contributed by atoms with Crippen LogP contribution in [0.1, 0.15) is 44.2 Å². The molecule has 0 spiro atoms. The molecule has 0 unspecified atom stereocenters. The van der Waals surface area contributed by atoms with Gasteiger partial charge < -0.3 is 20.5 Å².